The molecule has 1 aromatic heterocycles. The van der Waals surface area contributed by atoms with Gasteiger partial charge >= 0.3 is 6.03 Å². The first-order valence-corrected chi connectivity index (χ1v) is 3.71. The van der Waals surface area contributed by atoms with Crippen LogP contribution >= 0.6 is 0 Å². The number of aromatic nitrogens is 1. The molecule has 0 aliphatic carbocycles. The number of nitrogens with two attached hydrogens (primary N) is 1. The van der Waals surface area contributed by atoms with Crippen LogP contribution in [-0.2, 0) is 0 Å². The van der Waals surface area contributed by atoms with Crippen LogP contribution in [0.15, 0.2) is 12.1 Å². The van der Waals surface area contributed by atoms with Crippen LogP contribution in [-0.4, -0.2) is 18.1 Å². The molecule has 0 aliphatic heterocycles. The van der Waals surface area contributed by atoms with E-state index >= 15 is 0 Å². The number of carbonyl (C=O) groups excluding carboxylic acids is 1. The van der Waals surface area contributed by atoms with Crippen molar-refractivity contribution in [3.05, 3.63) is 17.8 Å². The van der Waals surface area contributed by atoms with Crippen LogP contribution < -0.4 is 15.8 Å². The lowest BCUT2D eigenvalue weighted by Gasteiger charge is -2.07. The predicted molar refractivity (Wildman–Crippen MR) is 48.7 cm³/mol. The second-order valence-electron chi connectivity index (χ2n) is 2.49. The van der Waals surface area contributed by atoms with Gasteiger partial charge in [0.2, 0.25) is 0 Å². The van der Waals surface area contributed by atoms with Gasteiger partial charge in [0.25, 0.3) is 0 Å². The van der Waals surface area contributed by atoms with E-state index in [0.29, 0.717) is 11.6 Å². The van der Waals surface area contributed by atoms with E-state index in [2.05, 4.69) is 10.3 Å². The fraction of sp³-hybridized carbons (Fsp3) is 0.250. The average molecular weight is 181 g/mol. The van der Waals surface area contributed by atoms with Crippen LogP contribution in [0.3, 0.4) is 0 Å². The monoisotopic (exact) mass is 181 g/mol. The van der Waals surface area contributed by atoms with Gasteiger partial charge in [-0.1, -0.05) is 0 Å². The topological polar surface area (TPSA) is 77.2 Å². The Morgan fingerprint density at radius 3 is 2.85 bits per heavy atom. The highest BCUT2D eigenvalue weighted by molar-refractivity contribution is 5.88. The Labute approximate surface area is 75.9 Å². The van der Waals surface area contributed by atoms with Gasteiger partial charge in [-0.2, -0.15) is 0 Å². The molecule has 0 atom stereocenters. The Morgan fingerprint density at radius 1 is 1.62 bits per heavy atom. The van der Waals surface area contributed by atoms with Crippen LogP contribution in [0, 0.1) is 6.92 Å². The fourth-order valence-corrected chi connectivity index (χ4v) is 0.915. The van der Waals surface area contributed by atoms with Gasteiger partial charge in [0.05, 0.1) is 7.11 Å². The molecule has 5 heteroatoms. The smallest absolute Gasteiger partial charge is 0.317 e. The van der Waals surface area contributed by atoms with E-state index in [1.807, 2.05) is 6.92 Å². The van der Waals surface area contributed by atoms with Gasteiger partial charge in [-0.3, -0.25) is 5.32 Å². The highest BCUT2D eigenvalue weighted by Gasteiger charge is 2.05. The molecule has 0 bridgehead atoms. The predicted octanol–water partition coefficient (Wildman–Crippen LogP) is 0.889. The normalized spacial score (nSPS) is 9.38. The van der Waals surface area contributed by atoms with Crippen molar-refractivity contribution in [3.8, 4) is 5.75 Å². The second kappa shape index (κ2) is 3.75. The zero-order chi connectivity index (χ0) is 9.84. The van der Waals surface area contributed by atoms with Gasteiger partial charge in [-0.15, -0.1) is 0 Å². The number of pyridine rings is 1. The van der Waals surface area contributed by atoms with E-state index in [1.54, 1.807) is 12.1 Å². The number of nitrogens with zero attached hydrogens (tertiary/aromatic N) is 1. The number of hydrogen-bond acceptors (Lipinski definition) is 3. The molecule has 0 saturated carbocycles. The number of aryl methyl sites for hydroxylation is 1. The van der Waals surface area contributed by atoms with Crippen molar-refractivity contribution in [3.63, 3.8) is 0 Å². The van der Waals surface area contributed by atoms with Crippen LogP contribution in [0.2, 0.25) is 0 Å². The maximum Gasteiger partial charge on any atom is 0.317 e. The highest BCUT2D eigenvalue weighted by Crippen LogP contribution is 2.20. The van der Waals surface area contributed by atoms with Gasteiger partial charge in [-0.05, 0) is 19.1 Å². The summed E-state index contributed by atoms with van der Waals surface area (Å²) in [6, 6.07) is 2.84. The Morgan fingerprint density at radius 2 is 2.31 bits per heavy atom. The Hall–Kier alpha value is -1.78. The van der Waals surface area contributed by atoms with Crippen molar-refractivity contribution in [2.45, 2.75) is 6.92 Å². The first kappa shape index (κ1) is 9.31. The van der Waals surface area contributed by atoms with Gasteiger partial charge in [-0.25, -0.2) is 9.78 Å². The Kier molecular flexibility index (Phi) is 2.69. The van der Waals surface area contributed by atoms with E-state index in [1.165, 1.54) is 7.11 Å². The lowest BCUT2D eigenvalue weighted by molar-refractivity contribution is 0.259. The Balaban J connectivity index is 3.01. The SMILES string of the molecule is COc1ccc(C)nc1NC(N)=O. The van der Waals surface area contributed by atoms with Gasteiger partial charge in [0.15, 0.2) is 11.6 Å². The number of methoxy groups -OCH3 is 1. The minimum atomic E-state index is -0.656. The lowest BCUT2D eigenvalue weighted by atomic mass is 10.3. The summed E-state index contributed by atoms with van der Waals surface area (Å²) in [6.07, 6.45) is 0. The summed E-state index contributed by atoms with van der Waals surface area (Å²) in [7, 11) is 1.50. The number of anilines is 1. The molecule has 5 nitrogen and oxygen atoms in total. The molecule has 0 saturated heterocycles. The second-order valence-corrected chi connectivity index (χ2v) is 2.49. The molecule has 0 aromatic carbocycles. The minimum absolute atomic E-state index is 0.343. The van der Waals surface area contributed by atoms with Crippen LogP contribution in [0.5, 0.6) is 5.75 Å². The lowest BCUT2D eigenvalue weighted by Crippen LogP contribution is -2.20. The summed E-state index contributed by atoms with van der Waals surface area (Å²) in [5.74, 6) is 0.833. The van der Waals surface area contributed by atoms with E-state index < -0.39 is 6.03 Å². The van der Waals surface area contributed by atoms with Crippen molar-refractivity contribution < 1.29 is 9.53 Å². The number of ether oxygens (including phenoxy) is 1. The standard InChI is InChI=1S/C8H11N3O2/c1-5-3-4-6(13-2)7(10-5)11-8(9)12/h3-4H,1-2H3,(H3,9,10,11,12). The number of primary amides is 1. The van der Waals surface area contributed by atoms with E-state index in [9.17, 15) is 4.79 Å². The fourth-order valence-electron chi connectivity index (χ4n) is 0.915. The largest absolute Gasteiger partial charge is 0.493 e. The van der Waals surface area contributed by atoms with Gasteiger partial charge < -0.3 is 10.5 Å². The quantitative estimate of drug-likeness (QED) is 0.711. The van der Waals surface area contributed by atoms with Crippen LogP contribution in [0.25, 0.3) is 0 Å². The first-order valence-electron chi connectivity index (χ1n) is 3.71. The van der Waals surface area contributed by atoms with Crippen molar-refractivity contribution in [1.82, 2.24) is 4.98 Å². The molecule has 70 valence electrons. The molecule has 2 amide bonds. The third-order valence-electron chi connectivity index (χ3n) is 1.46. The molecule has 0 fully saturated rings. The number of hydrogen-bond donors (Lipinski definition) is 2. The summed E-state index contributed by atoms with van der Waals surface area (Å²) in [5, 5.41) is 2.37. The third-order valence-corrected chi connectivity index (χ3v) is 1.46. The van der Waals surface area contributed by atoms with Crippen molar-refractivity contribution in [2.24, 2.45) is 5.73 Å². The summed E-state index contributed by atoms with van der Waals surface area (Å²) in [4.78, 5) is 14.6. The van der Waals surface area contributed by atoms with Gasteiger partial charge in [0, 0.05) is 5.69 Å². The number of rotatable bonds is 2. The van der Waals surface area contributed by atoms with E-state index in [4.69, 9.17) is 10.5 Å². The van der Waals surface area contributed by atoms with Crippen molar-refractivity contribution >= 4 is 11.8 Å². The summed E-state index contributed by atoms with van der Waals surface area (Å²) < 4.78 is 4.97. The third kappa shape index (κ3) is 2.33. The molecule has 0 spiro atoms. The summed E-state index contributed by atoms with van der Waals surface area (Å²) in [6.45, 7) is 1.81. The number of amides is 2. The molecular weight excluding hydrogens is 170 g/mol. The Bertz CT molecular complexity index is 325. The number of urea groups is 1. The summed E-state index contributed by atoms with van der Waals surface area (Å²) in [5.41, 5.74) is 5.73. The van der Waals surface area contributed by atoms with Crippen molar-refractivity contribution in [2.75, 3.05) is 12.4 Å². The average Bonchev–Trinajstić information content (AvgIpc) is 2.03. The number of carbonyl (C=O) groups is 1. The van der Waals surface area contributed by atoms with E-state index in [-0.39, 0.29) is 0 Å². The van der Waals surface area contributed by atoms with E-state index in [0.717, 1.165) is 5.69 Å². The molecule has 3 N–H and O–H groups in total. The van der Waals surface area contributed by atoms with Gasteiger partial charge in [0.1, 0.15) is 0 Å². The van der Waals surface area contributed by atoms with Crippen LogP contribution in [0.1, 0.15) is 5.69 Å². The molecule has 1 rings (SSSR count). The molecular formula is C8H11N3O2. The van der Waals surface area contributed by atoms with Crippen LogP contribution in [0.4, 0.5) is 10.6 Å². The first-order chi connectivity index (χ1) is 6.13. The van der Waals surface area contributed by atoms with Crippen molar-refractivity contribution in [1.29, 1.82) is 0 Å². The molecule has 0 radical (unpaired) electrons. The minimum Gasteiger partial charge on any atom is -0.493 e. The summed E-state index contributed by atoms with van der Waals surface area (Å²) >= 11 is 0. The molecule has 1 aromatic rings. The highest BCUT2D eigenvalue weighted by atomic mass is 16.5. The maximum absolute atomic E-state index is 10.6. The maximum atomic E-state index is 10.6. The molecule has 1 heterocycles. The zero-order valence-corrected chi connectivity index (χ0v) is 7.50. The zero-order valence-electron chi connectivity index (χ0n) is 7.50. The number of nitrogens with one attached hydrogen (secondary N) is 1. The molecule has 13 heavy (non-hydrogen) atoms. The molecule has 0 unspecified atom stereocenters. The molecule has 0 aliphatic rings.